The monoisotopic (exact) mass is 433 g/mol. The molecule has 3 rings (SSSR count). The summed E-state index contributed by atoms with van der Waals surface area (Å²) in [5.74, 6) is -0.216. The first-order chi connectivity index (χ1) is 15.5. The van der Waals surface area contributed by atoms with Gasteiger partial charge < -0.3 is 19.5 Å². The Morgan fingerprint density at radius 1 is 0.844 bits per heavy atom. The summed E-state index contributed by atoms with van der Waals surface area (Å²) in [4.78, 5) is 25.5. The van der Waals surface area contributed by atoms with Gasteiger partial charge in [-0.05, 0) is 36.2 Å². The molecule has 0 fully saturated rings. The molecule has 1 amide bonds. The van der Waals surface area contributed by atoms with Crippen molar-refractivity contribution in [3.8, 4) is 11.5 Å². The second-order valence-electron chi connectivity index (χ2n) is 7.26. The standard InChI is InChI=1S/C26H27NO5/c1-18(22-16-21(30-2)14-15-23(22)31-3)27-24(28)17-32-26(29)25(19-10-6-4-7-11-19)20-12-8-5-9-13-20/h4-16,18,25H,17H2,1-3H3,(H,27,28). The van der Waals surface area contributed by atoms with E-state index < -0.39 is 17.8 Å². The van der Waals surface area contributed by atoms with E-state index in [1.165, 1.54) is 0 Å². The van der Waals surface area contributed by atoms with E-state index in [0.717, 1.165) is 16.7 Å². The summed E-state index contributed by atoms with van der Waals surface area (Å²) in [5, 5.41) is 2.84. The van der Waals surface area contributed by atoms with Crippen LogP contribution in [0.4, 0.5) is 0 Å². The number of nitrogens with one attached hydrogen (secondary N) is 1. The summed E-state index contributed by atoms with van der Waals surface area (Å²) in [6.45, 7) is 1.44. The van der Waals surface area contributed by atoms with Crippen molar-refractivity contribution in [2.75, 3.05) is 20.8 Å². The van der Waals surface area contributed by atoms with E-state index in [0.29, 0.717) is 11.5 Å². The highest BCUT2D eigenvalue weighted by Crippen LogP contribution is 2.29. The third-order valence-electron chi connectivity index (χ3n) is 5.13. The number of carbonyl (C=O) groups is 2. The Labute approximate surface area is 188 Å². The van der Waals surface area contributed by atoms with Crippen molar-refractivity contribution in [3.63, 3.8) is 0 Å². The minimum Gasteiger partial charge on any atom is -0.497 e. The van der Waals surface area contributed by atoms with Gasteiger partial charge in [0.2, 0.25) is 0 Å². The predicted octanol–water partition coefficient (Wildman–Crippen LogP) is 4.26. The lowest BCUT2D eigenvalue weighted by molar-refractivity contribution is -0.149. The predicted molar refractivity (Wildman–Crippen MR) is 122 cm³/mol. The Hall–Kier alpha value is -3.80. The van der Waals surface area contributed by atoms with E-state index in [2.05, 4.69) is 5.32 Å². The third-order valence-corrected chi connectivity index (χ3v) is 5.13. The maximum atomic E-state index is 12.9. The smallest absolute Gasteiger partial charge is 0.318 e. The number of benzene rings is 3. The molecule has 6 nitrogen and oxygen atoms in total. The van der Waals surface area contributed by atoms with Gasteiger partial charge in [-0.2, -0.15) is 0 Å². The fourth-order valence-corrected chi connectivity index (χ4v) is 3.51. The molecule has 3 aromatic carbocycles. The summed E-state index contributed by atoms with van der Waals surface area (Å²) in [7, 11) is 3.14. The van der Waals surface area contributed by atoms with E-state index in [-0.39, 0.29) is 12.6 Å². The Morgan fingerprint density at radius 2 is 1.44 bits per heavy atom. The van der Waals surface area contributed by atoms with Crippen LogP contribution in [0, 0.1) is 0 Å². The molecule has 1 atom stereocenters. The highest BCUT2D eigenvalue weighted by atomic mass is 16.5. The average Bonchev–Trinajstić information content (AvgIpc) is 2.83. The quantitative estimate of drug-likeness (QED) is 0.511. The molecule has 0 aliphatic carbocycles. The van der Waals surface area contributed by atoms with Crippen LogP contribution in [0.3, 0.4) is 0 Å². The lowest BCUT2D eigenvalue weighted by Crippen LogP contribution is -2.32. The van der Waals surface area contributed by atoms with Gasteiger partial charge in [0.15, 0.2) is 6.61 Å². The molecule has 0 aliphatic heterocycles. The van der Waals surface area contributed by atoms with Gasteiger partial charge >= 0.3 is 5.97 Å². The Kier molecular flexibility index (Phi) is 7.86. The van der Waals surface area contributed by atoms with Gasteiger partial charge in [-0.25, -0.2) is 0 Å². The first-order valence-electron chi connectivity index (χ1n) is 10.3. The van der Waals surface area contributed by atoms with Crippen molar-refractivity contribution in [1.29, 1.82) is 0 Å². The van der Waals surface area contributed by atoms with Crippen LogP contribution in [0.2, 0.25) is 0 Å². The summed E-state index contributed by atoms with van der Waals surface area (Å²) in [5.41, 5.74) is 2.37. The Morgan fingerprint density at radius 3 is 1.97 bits per heavy atom. The molecule has 1 unspecified atom stereocenters. The summed E-state index contributed by atoms with van der Waals surface area (Å²) >= 11 is 0. The normalized spacial score (nSPS) is 11.5. The van der Waals surface area contributed by atoms with E-state index in [9.17, 15) is 9.59 Å². The molecule has 0 heterocycles. The lowest BCUT2D eigenvalue weighted by atomic mass is 9.91. The van der Waals surface area contributed by atoms with Crippen LogP contribution in [-0.4, -0.2) is 32.7 Å². The topological polar surface area (TPSA) is 73.9 Å². The van der Waals surface area contributed by atoms with Gasteiger partial charge in [0, 0.05) is 5.56 Å². The van der Waals surface area contributed by atoms with Crippen LogP contribution >= 0.6 is 0 Å². The zero-order valence-corrected chi connectivity index (χ0v) is 18.4. The molecule has 166 valence electrons. The van der Waals surface area contributed by atoms with Crippen molar-refractivity contribution in [2.24, 2.45) is 0 Å². The first-order valence-corrected chi connectivity index (χ1v) is 10.3. The zero-order chi connectivity index (χ0) is 22.9. The number of hydrogen-bond acceptors (Lipinski definition) is 5. The van der Waals surface area contributed by atoms with Crippen molar-refractivity contribution >= 4 is 11.9 Å². The highest BCUT2D eigenvalue weighted by molar-refractivity contribution is 5.85. The number of hydrogen-bond donors (Lipinski definition) is 1. The van der Waals surface area contributed by atoms with Gasteiger partial charge in [-0.3, -0.25) is 9.59 Å². The van der Waals surface area contributed by atoms with E-state index >= 15 is 0 Å². The average molecular weight is 434 g/mol. The summed E-state index contributed by atoms with van der Waals surface area (Å²) in [6.07, 6.45) is 0. The van der Waals surface area contributed by atoms with E-state index in [4.69, 9.17) is 14.2 Å². The molecule has 0 saturated heterocycles. The minimum absolute atomic E-state index is 0.370. The van der Waals surface area contributed by atoms with Crippen LogP contribution in [0.5, 0.6) is 11.5 Å². The van der Waals surface area contributed by atoms with Crippen molar-refractivity contribution in [1.82, 2.24) is 5.32 Å². The Bertz CT molecular complexity index is 997. The second-order valence-corrected chi connectivity index (χ2v) is 7.26. The second kappa shape index (κ2) is 11.0. The molecule has 0 bridgehead atoms. The minimum atomic E-state index is -0.610. The fraction of sp³-hybridized carbons (Fsp3) is 0.231. The van der Waals surface area contributed by atoms with Crippen molar-refractivity contribution in [2.45, 2.75) is 18.9 Å². The number of rotatable bonds is 9. The van der Waals surface area contributed by atoms with Crippen LogP contribution in [0.1, 0.15) is 35.6 Å². The molecule has 6 heteroatoms. The first kappa shape index (κ1) is 22.9. The maximum absolute atomic E-state index is 12.9. The van der Waals surface area contributed by atoms with Crippen LogP contribution < -0.4 is 14.8 Å². The molecule has 0 saturated carbocycles. The van der Waals surface area contributed by atoms with Crippen molar-refractivity contribution < 1.29 is 23.8 Å². The number of ether oxygens (including phenoxy) is 3. The number of esters is 1. The van der Waals surface area contributed by atoms with Gasteiger partial charge in [0.1, 0.15) is 17.4 Å². The molecule has 32 heavy (non-hydrogen) atoms. The van der Waals surface area contributed by atoms with Crippen LogP contribution in [0.25, 0.3) is 0 Å². The maximum Gasteiger partial charge on any atom is 0.318 e. The molecule has 3 aromatic rings. The lowest BCUT2D eigenvalue weighted by Gasteiger charge is -2.19. The summed E-state index contributed by atoms with van der Waals surface area (Å²) in [6, 6.07) is 23.7. The van der Waals surface area contributed by atoms with Crippen LogP contribution in [0.15, 0.2) is 78.9 Å². The SMILES string of the molecule is COc1ccc(OC)c(C(C)NC(=O)COC(=O)C(c2ccccc2)c2ccccc2)c1. The number of carbonyl (C=O) groups excluding carboxylic acids is 2. The van der Waals surface area contributed by atoms with E-state index in [1.54, 1.807) is 32.4 Å². The van der Waals surface area contributed by atoms with Crippen molar-refractivity contribution in [3.05, 3.63) is 95.6 Å². The number of amides is 1. The van der Waals surface area contributed by atoms with Gasteiger partial charge in [0.25, 0.3) is 5.91 Å². The molecule has 1 N–H and O–H groups in total. The molecular weight excluding hydrogens is 406 g/mol. The van der Waals surface area contributed by atoms with E-state index in [1.807, 2.05) is 67.6 Å². The highest BCUT2D eigenvalue weighted by Gasteiger charge is 2.25. The van der Waals surface area contributed by atoms with Crippen LogP contribution in [-0.2, 0) is 14.3 Å². The zero-order valence-electron chi connectivity index (χ0n) is 18.4. The molecule has 0 aliphatic rings. The third kappa shape index (κ3) is 5.66. The van der Waals surface area contributed by atoms with Gasteiger partial charge in [0.05, 0.1) is 20.3 Å². The van der Waals surface area contributed by atoms with Gasteiger partial charge in [-0.15, -0.1) is 0 Å². The molecular formula is C26H27NO5. The van der Waals surface area contributed by atoms with Gasteiger partial charge in [-0.1, -0.05) is 60.7 Å². The summed E-state index contributed by atoms with van der Waals surface area (Å²) < 4.78 is 16.1. The Balaban J connectivity index is 1.67. The molecule has 0 radical (unpaired) electrons. The largest absolute Gasteiger partial charge is 0.497 e. The number of methoxy groups -OCH3 is 2. The molecule has 0 spiro atoms. The molecule has 0 aromatic heterocycles. The fourth-order valence-electron chi connectivity index (χ4n) is 3.51.